The minimum atomic E-state index is -0.494. The minimum Gasteiger partial charge on any atom is -0.280 e. The molecule has 2 rings (SSSR count). The van der Waals surface area contributed by atoms with E-state index in [-0.39, 0.29) is 13.1 Å². The van der Waals surface area contributed by atoms with Crippen LogP contribution in [-0.4, -0.2) is 33.6 Å². The molecular formula is C18H18Cl2N2O2. The van der Waals surface area contributed by atoms with Crippen LogP contribution in [0.25, 0.3) is 0 Å². The van der Waals surface area contributed by atoms with Crippen molar-refractivity contribution in [3.63, 3.8) is 0 Å². The van der Waals surface area contributed by atoms with Gasteiger partial charge in [-0.05, 0) is 34.3 Å². The number of benzene rings is 2. The molecule has 0 unspecified atom stereocenters. The fourth-order valence-electron chi connectivity index (χ4n) is 2.39. The average Bonchev–Trinajstić information content (AvgIpc) is 2.55. The molecule has 2 aromatic carbocycles. The highest BCUT2D eigenvalue weighted by Crippen LogP contribution is 2.13. The topological polar surface area (TPSA) is 40.6 Å². The lowest BCUT2D eigenvalue weighted by molar-refractivity contribution is -0.127. The minimum absolute atomic E-state index is 0.00650. The average molecular weight is 365 g/mol. The van der Waals surface area contributed by atoms with Gasteiger partial charge in [0.1, 0.15) is 0 Å². The van der Waals surface area contributed by atoms with Crippen LogP contribution in [0.15, 0.2) is 60.7 Å². The van der Waals surface area contributed by atoms with Gasteiger partial charge in [-0.3, -0.25) is 9.59 Å². The van der Waals surface area contributed by atoms with Crippen LogP contribution in [0.5, 0.6) is 0 Å². The quantitative estimate of drug-likeness (QED) is 0.504. The summed E-state index contributed by atoms with van der Waals surface area (Å²) >= 11 is 11.2. The first kappa shape index (κ1) is 18.6. The first-order chi connectivity index (χ1) is 11.5. The number of carbonyl (C=O) groups is 2. The summed E-state index contributed by atoms with van der Waals surface area (Å²) < 4.78 is 0. The second-order valence-electron chi connectivity index (χ2n) is 5.33. The molecule has 0 aliphatic rings. The zero-order chi connectivity index (χ0) is 17.4. The zero-order valence-electron chi connectivity index (χ0n) is 13.1. The van der Waals surface area contributed by atoms with Gasteiger partial charge in [-0.15, -0.1) is 0 Å². The number of hydrazine groups is 1. The number of halogens is 2. The van der Waals surface area contributed by atoms with Gasteiger partial charge in [0.2, 0.25) is 10.5 Å². The summed E-state index contributed by atoms with van der Waals surface area (Å²) in [6, 6.07) is 19.3. The third-order valence-electron chi connectivity index (χ3n) is 3.43. The maximum atomic E-state index is 11.5. The molecule has 0 radical (unpaired) electrons. The van der Waals surface area contributed by atoms with Crippen molar-refractivity contribution >= 4 is 33.7 Å². The second-order valence-corrected chi connectivity index (χ2v) is 6.17. The van der Waals surface area contributed by atoms with Crippen molar-refractivity contribution in [1.82, 2.24) is 10.0 Å². The fraction of sp³-hybridized carbons (Fsp3) is 0.222. The van der Waals surface area contributed by atoms with Crippen molar-refractivity contribution in [2.24, 2.45) is 0 Å². The maximum absolute atomic E-state index is 11.5. The van der Waals surface area contributed by atoms with Crippen molar-refractivity contribution in [3.05, 3.63) is 71.8 Å². The van der Waals surface area contributed by atoms with Gasteiger partial charge < -0.3 is 0 Å². The molecule has 0 fully saturated rings. The van der Waals surface area contributed by atoms with E-state index in [0.717, 1.165) is 11.1 Å². The van der Waals surface area contributed by atoms with E-state index >= 15 is 0 Å². The van der Waals surface area contributed by atoms with Gasteiger partial charge in [-0.2, -0.15) is 0 Å². The molecule has 0 N–H and O–H groups in total. The van der Waals surface area contributed by atoms with Gasteiger partial charge in [0.05, 0.1) is 13.1 Å². The lowest BCUT2D eigenvalue weighted by atomic mass is 10.2. The Kier molecular flexibility index (Phi) is 7.40. The van der Waals surface area contributed by atoms with Crippen molar-refractivity contribution in [2.75, 3.05) is 13.1 Å². The fourth-order valence-corrected chi connectivity index (χ4v) is 2.66. The molecule has 0 atom stereocenters. The number of rotatable bonds is 9. The molecule has 4 nitrogen and oxygen atoms in total. The molecule has 0 spiro atoms. The molecule has 0 heterocycles. The van der Waals surface area contributed by atoms with Crippen LogP contribution >= 0.6 is 23.2 Å². The smallest absolute Gasteiger partial charge is 0.237 e. The number of carbonyl (C=O) groups excluding carboxylic acids is 2. The first-order valence-corrected chi connectivity index (χ1v) is 8.24. The highest BCUT2D eigenvalue weighted by molar-refractivity contribution is 6.64. The Bertz CT molecular complexity index is 606. The summed E-state index contributed by atoms with van der Waals surface area (Å²) in [7, 11) is 0. The summed E-state index contributed by atoms with van der Waals surface area (Å²) in [4.78, 5) is 22.9. The van der Waals surface area contributed by atoms with Crippen molar-refractivity contribution < 1.29 is 9.59 Å². The van der Waals surface area contributed by atoms with Crippen molar-refractivity contribution in [1.29, 1.82) is 0 Å². The molecular weight excluding hydrogens is 347 g/mol. The zero-order valence-corrected chi connectivity index (χ0v) is 14.6. The Morgan fingerprint density at radius 1 is 0.667 bits per heavy atom. The normalized spacial score (nSPS) is 11.0. The van der Waals surface area contributed by atoms with E-state index in [2.05, 4.69) is 0 Å². The second kappa shape index (κ2) is 9.55. The van der Waals surface area contributed by atoms with E-state index in [9.17, 15) is 9.59 Å². The summed E-state index contributed by atoms with van der Waals surface area (Å²) in [5, 5.41) is 2.51. The maximum Gasteiger partial charge on any atom is 0.237 e. The van der Waals surface area contributed by atoms with Crippen LogP contribution in [0, 0.1) is 0 Å². The van der Waals surface area contributed by atoms with Crippen LogP contribution in [0.4, 0.5) is 0 Å². The Hall–Kier alpha value is -1.72. The predicted octanol–water partition coefficient (Wildman–Crippen LogP) is 3.44. The third-order valence-corrected chi connectivity index (χ3v) is 3.67. The first-order valence-electron chi connectivity index (χ1n) is 7.49. The van der Waals surface area contributed by atoms with Gasteiger partial charge in [0.15, 0.2) is 0 Å². The van der Waals surface area contributed by atoms with E-state index in [1.54, 1.807) is 10.0 Å². The van der Waals surface area contributed by atoms with E-state index in [1.807, 2.05) is 60.7 Å². The summed E-state index contributed by atoms with van der Waals surface area (Å²) in [5.41, 5.74) is 2.02. The van der Waals surface area contributed by atoms with Crippen LogP contribution in [0.1, 0.15) is 11.1 Å². The Balaban J connectivity index is 2.21. The Morgan fingerprint density at radius 3 is 1.29 bits per heavy atom. The number of hydrogen-bond acceptors (Lipinski definition) is 4. The van der Waals surface area contributed by atoms with E-state index < -0.39 is 10.5 Å². The molecule has 24 heavy (non-hydrogen) atoms. The van der Waals surface area contributed by atoms with Crippen molar-refractivity contribution in [2.45, 2.75) is 13.1 Å². The lowest BCUT2D eigenvalue weighted by Crippen LogP contribution is -2.45. The van der Waals surface area contributed by atoms with Gasteiger partial charge in [0, 0.05) is 13.1 Å². The standard InChI is InChI=1S/C18H18Cl2N2O2/c19-17(23)13-21(11-15-7-3-1-4-8-15)22(14-18(20)24)12-16-9-5-2-6-10-16/h1-10H,11-14H2. The molecule has 0 aliphatic heterocycles. The highest BCUT2D eigenvalue weighted by Gasteiger charge is 2.20. The molecule has 0 aromatic heterocycles. The molecule has 0 saturated heterocycles. The third kappa shape index (κ3) is 6.42. The van der Waals surface area contributed by atoms with E-state index in [0.29, 0.717) is 13.1 Å². The number of nitrogens with zero attached hydrogens (tertiary/aromatic N) is 2. The Morgan fingerprint density at radius 2 is 1.00 bits per heavy atom. The molecule has 6 heteroatoms. The molecule has 0 aliphatic carbocycles. The SMILES string of the molecule is O=C(Cl)CN(Cc1ccccc1)N(CC(=O)Cl)Cc1ccccc1. The monoisotopic (exact) mass is 364 g/mol. The van der Waals surface area contributed by atoms with Crippen LogP contribution < -0.4 is 0 Å². The summed E-state index contributed by atoms with van der Waals surface area (Å²) in [5.74, 6) is 0. The van der Waals surface area contributed by atoms with Crippen molar-refractivity contribution in [3.8, 4) is 0 Å². The largest absolute Gasteiger partial charge is 0.280 e. The lowest BCUT2D eigenvalue weighted by Gasteiger charge is -2.33. The number of hydrogen-bond donors (Lipinski definition) is 0. The summed E-state index contributed by atoms with van der Waals surface area (Å²) in [6.45, 7) is 0.896. The van der Waals surface area contributed by atoms with Gasteiger partial charge >= 0.3 is 0 Å². The Labute approximate surface area is 151 Å². The predicted molar refractivity (Wildman–Crippen MR) is 95.4 cm³/mol. The molecule has 0 saturated carbocycles. The molecule has 0 bridgehead atoms. The van der Waals surface area contributed by atoms with Gasteiger partial charge in [-0.25, -0.2) is 10.0 Å². The van der Waals surface area contributed by atoms with Crippen LogP contribution in [0.2, 0.25) is 0 Å². The van der Waals surface area contributed by atoms with E-state index in [1.165, 1.54) is 0 Å². The molecule has 0 amide bonds. The molecule has 2 aromatic rings. The van der Waals surface area contributed by atoms with Gasteiger partial charge in [0.25, 0.3) is 0 Å². The highest BCUT2D eigenvalue weighted by atomic mass is 35.5. The molecule has 126 valence electrons. The van der Waals surface area contributed by atoms with Crippen LogP contribution in [-0.2, 0) is 22.7 Å². The van der Waals surface area contributed by atoms with Crippen LogP contribution in [0.3, 0.4) is 0 Å². The summed E-state index contributed by atoms with van der Waals surface area (Å²) in [6.07, 6.45) is 0. The van der Waals surface area contributed by atoms with Gasteiger partial charge in [-0.1, -0.05) is 60.7 Å². The van der Waals surface area contributed by atoms with E-state index in [4.69, 9.17) is 23.2 Å².